The molecule has 3 fully saturated rings. The van der Waals surface area contributed by atoms with Gasteiger partial charge in [0.2, 0.25) is 5.91 Å². The van der Waals surface area contributed by atoms with Crippen molar-refractivity contribution in [1.29, 1.82) is 0 Å². The summed E-state index contributed by atoms with van der Waals surface area (Å²) in [5.41, 5.74) is 0. The lowest BCUT2D eigenvalue weighted by Gasteiger charge is -2.30. The minimum Gasteiger partial charge on any atom is -0.339 e. The molecule has 2 aliphatic carbocycles. The molecular weight excluding hydrogens is 250 g/mol. The van der Waals surface area contributed by atoms with E-state index in [4.69, 9.17) is 0 Å². The van der Waals surface area contributed by atoms with Crippen LogP contribution in [-0.2, 0) is 14.6 Å². The summed E-state index contributed by atoms with van der Waals surface area (Å²) in [4.78, 5) is 14.3. The van der Waals surface area contributed by atoms with E-state index >= 15 is 0 Å². The number of nitrogens with zero attached hydrogens (tertiary/aromatic N) is 1. The maximum Gasteiger partial charge on any atom is 0.225 e. The number of carbonyl (C=O) groups excluding carboxylic acids is 1. The van der Waals surface area contributed by atoms with E-state index in [1.165, 1.54) is 6.42 Å². The molecule has 1 heterocycles. The highest BCUT2D eigenvalue weighted by Crippen LogP contribution is 2.54. The number of sulfone groups is 1. The van der Waals surface area contributed by atoms with Gasteiger partial charge >= 0.3 is 0 Å². The summed E-state index contributed by atoms with van der Waals surface area (Å²) in [6.07, 6.45) is 4.02. The highest BCUT2D eigenvalue weighted by molar-refractivity contribution is 7.91. The minimum atomic E-state index is -2.90. The predicted octanol–water partition coefficient (Wildman–Crippen LogP) is 1.07. The Morgan fingerprint density at radius 3 is 2.39 bits per heavy atom. The summed E-state index contributed by atoms with van der Waals surface area (Å²) in [5.74, 6) is 2.41. The lowest BCUT2D eigenvalue weighted by Crippen LogP contribution is -2.43. The Labute approximate surface area is 109 Å². The first-order valence-electron chi connectivity index (χ1n) is 7.01. The van der Waals surface area contributed by atoms with Gasteiger partial charge in [-0.2, -0.15) is 0 Å². The number of hydrogen-bond donors (Lipinski definition) is 0. The summed E-state index contributed by atoms with van der Waals surface area (Å²) in [6.45, 7) is 2.60. The molecule has 4 nitrogen and oxygen atoms in total. The second-order valence-corrected chi connectivity index (χ2v) is 8.33. The van der Waals surface area contributed by atoms with E-state index < -0.39 is 9.84 Å². The summed E-state index contributed by atoms with van der Waals surface area (Å²) in [5, 5.41) is 0. The SMILES string of the molecule is CCN(C(=O)C1CC2CC2C1)C1CCS(=O)(=O)C1. The second kappa shape index (κ2) is 4.22. The fourth-order valence-corrected chi connectivity index (χ4v) is 5.50. The molecule has 1 amide bonds. The summed E-state index contributed by atoms with van der Waals surface area (Å²) >= 11 is 0. The second-order valence-electron chi connectivity index (χ2n) is 6.11. The van der Waals surface area contributed by atoms with E-state index in [0.29, 0.717) is 13.0 Å². The summed E-state index contributed by atoms with van der Waals surface area (Å²) in [6, 6.07) is -0.0653. The van der Waals surface area contributed by atoms with Crippen molar-refractivity contribution in [1.82, 2.24) is 4.90 Å². The molecule has 0 aromatic heterocycles. The Morgan fingerprint density at radius 2 is 1.89 bits per heavy atom. The molecule has 5 heteroatoms. The minimum absolute atomic E-state index is 0.0653. The van der Waals surface area contributed by atoms with Crippen LogP contribution in [-0.4, -0.2) is 43.3 Å². The number of fused-ring (bicyclic) bond motifs is 1. The molecule has 18 heavy (non-hydrogen) atoms. The molecule has 3 atom stereocenters. The number of amides is 1. The topological polar surface area (TPSA) is 54.5 Å². The monoisotopic (exact) mass is 271 g/mol. The van der Waals surface area contributed by atoms with Gasteiger partial charge in [-0.3, -0.25) is 4.79 Å². The van der Waals surface area contributed by atoms with E-state index in [1.807, 2.05) is 11.8 Å². The van der Waals surface area contributed by atoms with Crippen molar-refractivity contribution in [2.24, 2.45) is 17.8 Å². The standard InChI is InChI=1S/C13H21NO3S/c1-2-14(12-3-4-18(16,17)8-12)13(15)11-6-9-5-10(9)7-11/h9-12H,2-8H2,1H3. The van der Waals surface area contributed by atoms with E-state index in [-0.39, 0.29) is 29.4 Å². The Morgan fingerprint density at radius 1 is 1.22 bits per heavy atom. The molecule has 1 aliphatic heterocycles. The molecule has 3 aliphatic rings. The fourth-order valence-electron chi connectivity index (χ4n) is 3.77. The van der Waals surface area contributed by atoms with Crippen LogP contribution in [0.1, 0.15) is 32.6 Å². The van der Waals surface area contributed by atoms with E-state index in [0.717, 1.165) is 24.7 Å². The number of hydrogen-bond acceptors (Lipinski definition) is 3. The van der Waals surface area contributed by atoms with Gasteiger partial charge in [-0.25, -0.2) is 8.42 Å². The fraction of sp³-hybridized carbons (Fsp3) is 0.923. The average molecular weight is 271 g/mol. The van der Waals surface area contributed by atoms with Crippen LogP contribution >= 0.6 is 0 Å². The average Bonchev–Trinajstić information content (AvgIpc) is 2.76. The van der Waals surface area contributed by atoms with Crippen LogP contribution in [0, 0.1) is 17.8 Å². The lowest BCUT2D eigenvalue weighted by molar-refractivity contribution is -0.137. The molecule has 0 aromatic carbocycles. The van der Waals surface area contributed by atoms with Crippen LogP contribution < -0.4 is 0 Å². The number of rotatable bonds is 3. The molecule has 0 aromatic rings. The predicted molar refractivity (Wildman–Crippen MR) is 68.8 cm³/mol. The third kappa shape index (κ3) is 2.17. The van der Waals surface area contributed by atoms with Crippen LogP contribution in [0.5, 0.6) is 0 Å². The maximum atomic E-state index is 12.5. The lowest BCUT2D eigenvalue weighted by atomic mass is 10.0. The quantitative estimate of drug-likeness (QED) is 0.771. The molecule has 102 valence electrons. The molecule has 0 N–H and O–H groups in total. The van der Waals surface area contributed by atoms with Gasteiger partial charge in [-0.1, -0.05) is 0 Å². The third-order valence-corrected chi connectivity index (χ3v) is 6.62. The molecule has 0 bridgehead atoms. The number of carbonyl (C=O) groups is 1. The molecule has 3 unspecified atom stereocenters. The summed E-state index contributed by atoms with van der Waals surface area (Å²) in [7, 11) is -2.90. The van der Waals surface area contributed by atoms with Crippen LogP contribution in [0.25, 0.3) is 0 Å². The van der Waals surface area contributed by atoms with Gasteiger partial charge in [0.15, 0.2) is 9.84 Å². The molecule has 3 rings (SSSR count). The maximum absolute atomic E-state index is 12.5. The van der Waals surface area contributed by atoms with E-state index in [1.54, 1.807) is 0 Å². The van der Waals surface area contributed by atoms with Crippen molar-refractivity contribution in [2.45, 2.75) is 38.6 Å². The van der Waals surface area contributed by atoms with Crippen molar-refractivity contribution >= 4 is 15.7 Å². The van der Waals surface area contributed by atoms with Crippen molar-refractivity contribution in [3.63, 3.8) is 0 Å². The molecule has 0 radical (unpaired) electrons. The van der Waals surface area contributed by atoms with Gasteiger partial charge in [0.05, 0.1) is 11.5 Å². The van der Waals surface area contributed by atoms with Crippen LogP contribution in [0.2, 0.25) is 0 Å². The van der Waals surface area contributed by atoms with Gasteiger partial charge in [-0.05, 0) is 44.4 Å². The van der Waals surface area contributed by atoms with Crippen LogP contribution in [0.15, 0.2) is 0 Å². The Kier molecular flexibility index (Phi) is 2.92. The van der Waals surface area contributed by atoms with Gasteiger partial charge < -0.3 is 4.90 Å². The van der Waals surface area contributed by atoms with Crippen molar-refractivity contribution in [3.8, 4) is 0 Å². The first kappa shape index (κ1) is 12.5. The smallest absolute Gasteiger partial charge is 0.225 e. The first-order valence-corrected chi connectivity index (χ1v) is 8.83. The Hall–Kier alpha value is -0.580. The zero-order valence-electron chi connectivity index (χ0n) is 10.8. The highest BCUT2D eigenvalue weighted by Gasteiger charge is 2.49. The van der Waals surface area contributed by atoms with Crippen molar-refractivity contribution in [2.75, 3.05) is 18.1 Å². The van der Waals surface area contributed by atoms with Crippen LogP contribution in [0.4, 0.5) is 0 Å². The Balaban J connectivity index is 1.66. The highest BCUT2D eigenvalue weighted by atomic mass is 32.2. The zero-order valence-corrected chi connectivity index (χ0v) is 11.7. The van der Waals surface area contributed by atoms with Gasteiger partial charge in [0.1, 0.15) is 0 Å². The van der Waals surface area contributed by atoms with Gasteiger partial charge in [0.25, 0.3) is 0 Å². The van der Waals surface area contributed by atoms with E-state index in [9.17, 15) is 13.2 Å². The molecule has 0 spiro atoms. The first-order chi connectivity index (χ1) is 8.50. The molecular formula is C13H21NO3S. The van der Waals surface area contributed by atoms with E-state index in [2.05, 4.69) is 0 Å². The van der Waals surface area contributed by atoms with Gasteiger partial charge in [0, 0.05) is 18.5 Å². The van der Waals surface area contributed by atoms with Crippen molar-refractivity contribution in [3.05, 3.63) is 0 Å². The zero-order chi connectivity index (χ0) is 12.9. The van der Waals surface area contributed by atoms with Gasteiger partial charge in [-0.15, -0.1) is 0 Å². The third-order valence-electron chi connectivity index (χ3n) is 4.87. The largest absolute Gasteiger partial charge is 0.339 e. The Bertz CT molecular complexity index is 449. The van der Waals surface area contributed by atoms with Crippen molar-refractivity contribution < 1.29 is 13.2 Å². The molecule has 1 saturated heterocycles. The summed E-state index contributed by atoms with van der Waals surface area (Å²) < 4.78 is 23.1. The molecule has 2 saturated carbocycles. The normalized spacial score (nSPS) is 40.5. The van der Waals surface area contributed by atoms with Crippen LogP contribution in [0.3, 0.4) is 0 Å².